The van der Waals surface area contributed by atoms with Crippen LogP contribution in [0.5, 0.6) is 0 Å². The zero-order valence-electron chi connectivity index (χ0n) is 12.2. The molecule has 3 rings (SSSR count). The van der Waals surface area contributed by atoms with E-state index in [4.69, 9.17) is 5.11 Å². The van der Waals surface area contributed by atoms with Gasteiger partial charge in [0.2, 0.25) is 0 Å². The quantitative estimate of drug-likeness (QED) is 0.915. The van der Waals surface area contributed by atoms with Crippen molar-refractivity contribution in [3.63, 3.8) is 0 Å². The summed E-state index contributed by atoms with van der Waals surface area (Å²) in [6.45, 7) is 2.27. The van der Waals surface area contributed by atoms with Crippen LogP contribution < -0.4 is 0 Å². The molecule has 0 spiro atoms. The lowest BCUT2D eigenvalue weighted by Gasteiger charge is -2.26. The van der Waals surface area contributed by atoms with Crippen LogP contribution in [0.25, 0.3) is 0 Å². The smallest absolute Gasteiger partial charge is 0.335 e. The molecule has 4 nitrogen and oxygen atoms in total. The second kappa shape index (κ2) is 5.19. The van der Waals surface area contributed by atoms with Gasteiger partial charge in [0, 0.05) is 25.2 Å². The number of hydrogen-bond donors (Lipinski definition) is 1. The van der Waals surface area contributed by atoms with Gasteiger partial charge in [-0.25, -0.2) is 4.79 Å². The highest BCUT2D eigenvalue weighted by Crippen LogP contribution is 2.38. The third kappa shape index (κ3) is 2.34. The molecule has 1 aromatic rings. The Hall–Kier alpha value is -1.39. The van der Waals surface area contributed by atoms with E-state index in [1.165, 1.54) is 17.5 Å². The van der Waals surface area contributed by atoms with Gasteiger partial charge in [0.25, 0.3) is 0 Å². The van der Waals surface area contributed by atoms with Crippen LogP contribution in [-0.2, 0) is 6.42 Å². The number of carbonyl (C=O) groups is 1. The second-order valence-electron chi connectivity index (χ2n) is 6.17. The Labute approximate surface area is 120 Å². The van der Waals surface area contributed by atoms with E-state index in [9.17, 15) is 4.79 Å². The first-order chi connectivity index (χ1) is 9.56. The van der Waals surface area contributed by atoms with E-state index in [0.717, 1.165) is 25.9 Å². The second-order valence-corrected chi connectivity index (χ2v) is 6.17. The number of carboxylic acid groups (broad SMARTS) is 1. The van der Waals surface area contributed by atoms with E-state index in [-0.39, 0.29) is 0 Å². The van der Waals surface area contributed by atoms with Crippen molar-refractivity contribution in [3.8, 4) is 0 Å². The predicted molar refractivity (Wildman–Crippen MR) is 78.1 cm³/mol. The third-order valence-corrected chi connectivity index (χ3v) is 4.80. The van der Waals surface area contributed by atoms with Gasteiger partial charge >= 0.3 is 5.97 Å². The number of likely N-dealkylation sites (tertiary alicyclic amines) is 1. The van der Waals surface area contributed by atoms with Crippen molar-refractivity contribution in [1.82, 2.24) is 9.80 Å². The Kier molecular flexibility index (Phi) is 3.52. The predicted octanol–water partition coefficient (Wildman–Crippen LogP) is 2.01. The zero-order chi connectivity index (χ0) is 14.3. The van der Waals surface area contributed by atoms with Crippen LogP contribution in [0, 0.1) is 0 Å². The van der Waals surface area contributed by atoms with E-state index < -0.39 is 5.97 Å². The maximum Gasteiger partial charge on any atom is 0.335 e. The number of rotatable bonds is 3. The summed E-state index contributed by atoms with van der Waals surface area (Å²) in [5, 5.41) is 9.07. The molecule has 2 aliphatic rings. The molecule has 1 heterocycles. The van der Waals surface area contributed by atoms with Crippen molar-refractivity contribution < 1.29 is 9.90 Å². The molecular formula is C16H22N2O2. The molecule has 1 aromatic carbocycles. The Morgan fingerprint density at radius 1 is 1.35 bits per heavy atom. The molecule has 0 aromatic heterocycles. The first-order valence-corrected chi connectivity index (χ1v) is 7.33. The van der Waals surface area contributed by atoms with Crippen molar-refractivity contribution >= 4 is 5.97 Å². The van der Waals surface area contributed by atoms with Crippen LogP contribution in [0.3, 0.4) is 0 Å². The summed E-state index contributed by atoms with van der Waals surface area (Å²) in [6, 6.07) is 6.77. The van der Waals surface area contributed by atoms with Gasteiger partial charge < -0.3 is 10.0 Å². The largest absolute Gasteiger partial charge is 0.478 e. The van der Waals surface area contributed by atoms with Crippen LogP contribution in [-0.4, -0.2) is 54.1 Å². The number of benzene rings is 1. The van der Waals surface area contributed by atoms with Gasteiger partial charge in [0.1, 0.15) is 0 Å². The average molecular weight is 274 g/mol. The van der Waals surface area contributed by atoms with Crippen molar-refractivity contribution in [2.45, 2.75) is 31.3 Å². The fourth-order valence-corrected chi connectivity index (χ4v) is 3.58. The van der Waals surface area contributed by atoms with E-state index in [0.29, 0.717) is 17.6 Å². The third-order valence-electron chi connectivity index (χ3n) is 4.80. The molecule has 0 bridgehead atoms. The van der Waals surface area contributed by atoms with Crippen LogP contribution >= 0.6 is 0 Å². The lowest BCUT2D eigenvalue weighted by molar-refractivity contribution is 0.0696. The highest BCUT2D eigenvalue weighted by molar-refractivity contribution is 5.88. The summed E-state index contributed by atoms with van der Waals surface area (Å²) in [4.78, 5) is 15.9. The minimum atomic E-state index is -0.829. The number of likely N-dealkylation sites (N-methyl/N-ethyl adjacent to an activating group) is 1. The molecule has 1 saturated heterocycles. The summed E-state index contributed by atoms with van der Waals surface area (Å²) < 4.78 is 0. The molecule has 2 atom stereocenters. The zero-order valence-corrected chi connectivity index (χ0v) is 12.2. The van der Waals surface area contributed by atoms with Gasteiger partial charge in [-0.2, -0.15) is 0 Å². The van der Waals surface area contributed by atoms with E-state index in [1.54, 1.807) is 6.07 Å². The lowest BCUT2D eigenvalue weighted by Crippen LogP contribution is -2.32. The Bertz CT molecular complexity index is 527. The molecule has 4 heteroatoms. The molecule has 20 heavy (non-hydrogen) atoms. The normalized spacial score (nSPS) is 26.1. The van der Waals surface area contributed by atoms with Crippen molar-refractivity contribution in [3.05, 3.63) is 34.9 Å². The minimum Gasteiger partial charge on any atom is -0.478 e. The number of fused-ring (bicyclic) bond motifs is 1. The summed E-state index contributed by atoms with van der Waals surface area (Å²) in [5.41, 5.74) is 2.98. The molecular weight excluding hydrogens is 252 g/mol. The summed E-state index contributed by atoms with van der Waals surface area (Å²) in [6.07, 6.45) is 3.36. The Morgan fingerprint density at radius 2 is 2.15 bits per heavy atom. The Balaban J connectivity index is 1.78. The van der Waals surface area contributed by atoms with Gasteiger partial charge in [0.15, 0.2) is 0 Å². The van der Waals surface area contributed by atoms with Crippen molar-refractivity contribution in [1.29, 1.82) is 0 Å². The first kappa shape index (κ1) is 13.6. The van der Waals surface area contributed by atoms with Crippen LogP contribution in [0.15, 0.2) is 18.2 Å². The summed E-state index contributed by atoms with van der Waals surface area (Å²) in [5.74, 6) is -0.829. The molecule has 1 aliphatic heterocycles. The number of hydrogen-bond acceptors (Lipinski definition) is 3. The highest BCUT2D eigenvalue weighted by Gasteiger charge is 2.33. The maximum absolute atomic E-state index is 11.0. The number of nitrogens with zero attached hydrogens (tertiary/aromatic N) is 2. The number of carboxylic acids is 1. The van der Waals surface area contributed by atoms with E-state index in [2.05, 4.69) is 23.9 Å². The molecule has 1 aliphatic carbocycles. The monoisotopic (exact) mass is 274 g/mol. The fraction of sp³-hybridized carbons (Fsp3) is 0.562. The average Bonchev–Trinajstić information content (AvgIpc) is 3.03. The van der Waals surface area contributed by atoms with Crippen LogP contribution in [0.2, 0.25) is 0 Å². The molecule has 1 unspecified atom stereocenters. The number of aromatic carboxylic acids is 1. The van der Waals surface area contributed by atoms with Gasteiger partial charge in [0.05, 0.1) is 5.56 Å². The molecule has 108 valence electrons. The van der Waals surface area contributed by atoms with Gasteiger partial charge in [-0.15, -0.1) is 0 Å². The first-order valence-electron chi connectivity index (χ1n) is 7.33. The fourth-order valence-electron chi connectivity index (χ4n) is 3.58. The van der Waals surface area contributed by atoms with E-state index in [1.807, 2.05) is 12.1 Å². The molecule has 1 fully saturated rings. The minimum absolute atomic E-state index is 0.414. The lowest BCUT2D eigenvalue weighted by atomic mass is 10.0. The van der Waals surface area contributed by atoms with Crippen molar-refractivity contribution in [2.75, 3.05) is 27.2 Å². The molecule has 0 radical (unpaired) electrons. The topological polar surface area (TPSA) is 43.8 Å². The van der Waals surface area contributed by atoms with Crippen LogP contribution in [0.4, 0.5) is 0 Å². The highest BCUT2D eigenvalue weighted by atomic mass is 16.4. The molecule has 0 amide bonds. The van der Waals surface area contributed by atoms with Crippen LogP contribution in [0.1, 0.15) is 40.4 Å². The SMILES string of the molecule is CN(C)[C@H]1CCN(C2CCc3cc(C(=O)O)ccc32)C1. The van der Waals surface area contributed by atoms with E-state index >= 15 is 0 Å². The van der Waals surface area contributed by atoms with Gasteiger partial charge in [-0.1, -0.05) is 6.07 Å². The standard InChI is InChI=1S/C16H22N2O2/c1-17(2)13-7-8-18(10-13)15-6-4-11-9-12(16(19)20)3-5-14(11)15/h3,5,9,13,15H,4,6-8,10H2,1-2H3,(H,19,20)/t13-,15?/m0/s1. The molecule has 0 saturated carbocycles. The van der Waals surface area contributed by atoms with Gasteiger partial charge in [-0.05, 0) is 56.6 Å². The molecule has 1 N–H and O–H groups in total. The maximum atomic E-state index is 11.0. The Morgan fingerprint density at radius 3 is 2.80 bits per heavy atom. The van der Waals surface area contributed by atoms with Gasteiger partial charge in [-0.3, -0.25) is 4.90 Å². The van der Waals surface area contributed by atoms with Crippen molar-refractivity contribution in [2.24, 2.45) is 0 Å². The summed E-state index contributed by atoms with van der Waals surface area (Å²) in [7, 11) is 4.30. The number of aryl methyl sites for hydroxylation is 1. The summed E-state index contributed by atoms with van der Waals surface area (Å²) >= 11 is 0.